The Morgan fingerprint density at radius 1 is 1.22 bits per heavy atom. The fourth-order valence-electron chi connectivity index (χ4n) is 4.12. The van der Waals surface area contributed by atoms with Crippen molar-refractivity contribution in [2.24, 2.45) is 0 Å². The summed E-state index contributed by atoms with van der Waals surface area (Å²) in [5.74, 6) is 0.877. The summed E-state index contributed by atoms with van der Waals surface area (Å²) in [6.45, 7) is 6.45. The number of benzene rings is 1. The monoisotopic (exact) mass is 372 g/mol. The Labute approximate surface area is 160 Å². The van der Waals surface area contributed by atoms with Gasteiger partial charge in [0.25, 0.3) is 0 Å². The topological polar surface area (TPSA) is 63.0 Å². The Morgan fingerprint density at radius 3 is 2.81 bits per heavy atom. The van der Waals surface area contributed by atoms with Crippen LogP contribution in [0.25, 0.3) is 0 Å². The molecule has 0 unspecified atom stereocenters. The van der Waals surface area contributed by atoms with Crippen molar-refractivity contribution in [1.82, 2.24) is 19.6 Å². The first-order valence-electron chi connectivity index (χ1n) is 9.58. The van der Waals surface area contributed by atoms with E-state index in [1.165, 1.54) is 5.56 Å². The van der Waals surface area contributed by atoms with Gasteiger partial charge in [-0.05, 0) is 23.8 Å². The van der Waals surface area contributed by atoms with Crippen molar-refractivity contribution in [1.29, 1.82) is 0 Å². The molecule has 1 aromatic heterocycles. The molecule has 27 heavy (non-hydrogen) atoms. The van der Waals surface area contributed by atoms with Gasteiger partial charge in [0.15, 0.2) is 0 Å². The fourth-order valence-corrected chi connectivity index (χ4v) is 4.12. The molecule has 3 heterocycles. The number of morpholine rings is 1. The van der Waals surface area contributed by atoms with Crippen LogP contribution in [-0.4, -0.2) is 83.3 Å². The highest BCUT2D eigenvalue weighted by Gasteiger charge is 2.35. The highest BCUT2D eigenvalue weighted by Crippen LogP contribution is 2.24. The number of hydrogen-bond acceptors (Lipinski definition) is 6. The van der Waals surface area contributed by atoms with Gasteiger partial charge in [0.05, 0.1) is 33.0 Å². The van der Waals surface area contributed by atoms with Crippen molar-refractivity contribution in [3.63, 3.8) is 0 Å². The van der Waals surface area contributed by atoms with E-state index in [0.717, 1.165) is 50.7 Å². The smallest absolute Gasteiger partial charge is 0.123 e. The van der Waals surface area contributed by atoms with Crippen LogP contribution in [0.15, 0.2) is 36.7 Å². The maximum absolute atomic E-state index is 10.5. The number of nitrogens with zero attached hydrogens (tertiary/aromatic N) is 4. The summed E-state index contributed by atoms with van der Waals surface area (Å²) < 4.78 is 12.9. The van der Waals surface area contributed by atoms with Gasteiger partial charge >= 0.3 is 0 Å². The minimum Gasteiger partial charge on any atom is -0.496 e. The predicted octanol–water partition coefficient (Wildman–Crippen LogP) is 0.817. The van der Waals surface area contributed by atoms with Gasteiger partial charge in [-0.1, -0.05) is 6.07 Å². The van der Waals surface area contributed by atoms with E-state index in [4.69, 9.17) is 9.47 Å². The second-order valence-electron chi connectivity index (χ2n) is 7.33. The largest absolute Gasteiger partial charge is 0.496 e. The SMILES string of the molecule is COc1ccc(CN2C[C@H](O)[C@@H](N3CCOCC3)C2)cc1Cn1cccn1. The highest BCUT2D eigenvalue weighted by molar-refractivity contribution is 5.37. The minimum atomic E-state index is -0.301. The Bertz CT molecular complexity index is 731. The Balaban J connectivity index is 1.43. The quantitative estimate of drug-likeness (QED) is 0.810. The average molecular weight is 372 g/mol. The normalized spacial score (nSPS) is 24.4. The van der Waals surface area contributed by atoms with Crippen molar-refractivity contribution in [2.75, 3.05) is 46.5 Å². The van der Waals surface area contributed by atoms with E-state index in [1.54, 1.807) is 13.3 Å². The van der Waals surface area contributed by atoms with Gasteiger partial charge in [-0.3, -0.25) is 14.5 Å². The van der Waals surface area contributed by atoms with Gasteiger partial charge in [0.2, 0.25) is 0 Å². The molecule has 0 radical (unpaired) electrons. The van der Waals surface area contributed by atoms with Gasteiger partial charge in [0, 0.05) is 56.7 Å². The molecule has 1 N–H and O–H groups in total. The first-order chi connectivity index (χ1) is 13.2. The van der Waals surface area contributed by atoms with Crippen molar-refractivity contribution in [3.05, 3.63) is 47.8 Å². The van der Waals surface area contributed by atoms with E-state index in [9.17, 15) is 5.11 Å². The molecule has 1 aromatic carbocycles. The number of aliphatic hydroxyl groups excluding tert-OH is 1. The lowest BCUT2D eigenvalue weighted by atomic mass is 10.1. The fraction of sp³-hybridized carbons (Fsp3) is 0.550. The molecule has 7 heteroatoms. The zero-order valence-electron chi connectivity index (χ0n) is 15.8. The van der Waals surface area contributed by atoms with Crippen LogP contribution in [0.2, 0.25) is 0 Å². The molecule has 0 aliphatic carbocycles. The summed E-state index contributed by atoms with van der Waals surface area (Å²) in [7, 11) is 1.70. The van der Waals surface area contributed by atoms with Crippen molar-refractivity contribution >= 4 is 0 Å². The predicted molar refractivity (Wildman–Crippen MR) is 102 cm³/mol. The van der Waals surface area contributed by atoms with Crippen LogP contribution >= 0.6 is 0 Å². The third kappa shape index (κ3) is 4.32. The third-order valence-corrected chi connectivity index (χ3v) is 5.49. The van der Waals surface area contributed by atoms with Crippen LogP contribution in [0, 0.1) is 0 Å². The molecular weight excluding hydrogens is 344 g/mol. The van der Waals surface area contributed by atoms with E-state index in [1.807, 2.05) is 23.0 Å². The molecule has 2 aromatic rings. The van der Waals surface area contributed by atoms with E-state index < -0.39 is 0 Å². The number of hydrogen-bond donors (Lipinski definition) is 1. The van der Waals surface area contributed by atoms with Gasteiger partial charge in [-0.25, -0.2) is 0 Å². The average Bonchev–Trinajstić information content (AvgIpc) is 3.32. The van der Waals surface area contributed by atoms with Crippen LogP contribution < -0.4 is 4.74 Å². The van der Waals surface area contributed by atoms with Crippen molar-refractivity contribution in [2.45, 2.75) is 25.2 Å². The van der Waals surface area contributed by atoms with E-state index in [0.29, 0.717) is 13.1 Å². The zero-order valence-corrected chi connectivity index (χ0v) is 15.8. The standard InChI is InChI=1S/C20H28N4O3/c1-26-20-4-3-16(11-17(20)13-24-6-2-5-21-24)12-22-14-18(19(25)15-22)23-7-9-27-10-8-23/h2-6,11,18-19,25H,7-10,12-15H2,1H3/t18-,19-/m0/s1. The van der Waals surface area contributed by atoms with Crippen LogP contribution in [0.5, 0.6) is 5.75 Å². The van der Waals surface area contributed by atoms with Crippen LogP contribution in [0.1, 0.15) is 11.1 Å². The molecule has 7 nitrogen and oxygen atoms in total. The van der Waals surface area contributed by atoms with Gasteiger partial charge < -0.3 is 14.6 Å². The number of ether oxygens (including phenoxy) is 2. The van der Waals surface area contributed by atoms with Gasteiger partial charge in [-0.15, -0.1) is 0 Å². The lowest BCUT2D eigenvalue weighted by molar-refractivity contribution is -0.00618. The second-order valence-corrected chi connectivity index (χ2v) is 7.33. The number of aliphatic hydroxyl groups is 1. The lowest BCUT2D eigenvalue weighted by Crippen LogP contribution is -2.48. The molecule has 2 saturated heterocycles. The third-order valence-electron chi connectivity index (χ3n) is 5.49. The summed E-state index contributed by atoms with van der Waals surface area (Å²) in [6.07, 6.45) is 3.44. The molecule has 0 spiro atoms. The van der Waals surface area contributed by atoms with Gasteiger partial charge in [-0.2, -0.15) is 5.10 Å². The molecule has 2 fully saturated rings. The molecule has 4 rings (SSSR count). The number of rotatable bonds is 6. The van der Waals surface area contributed by atoms with E-state index in [-0.39, 0.29) is 12.1 Å². The highest BCUT2D eigenvalue weighted by atomic mass is 16.5. The maximum atomic E-state index is 10.5. The molecule has 0 amide bonds. The minimum absolute atomic E-state index is 0.204. The molecule has 2 aliphatic rings. The van der Waals surface area contributed by atoms with Crippen LogP contribution in [-0.2, 0) is 17.8 Å². The molecule has 2 atom stereocenters. The summed E-state index contributed by atoms with van der Waals surface area (Å²) in [6, 6.07) is 8.46. The number of β-amino-alcohol motifs (C(OH)–C–C–N with tert-alkyl or cyclic N) is 1. The molecule has 0 bridgehead atoms. The van der Waals surface area contributed by atoms with Crippen molar-refractivity contribution < 1.29 is 14.6 Å². The molecule has 0 saturated carbocycles. The Kier molecular flexibility index (Phi) is 5.73. The number of likely N-dealkylation sites (tertiary alicyclic amines) is 1. The Morgan fingerprint density at radius 2 is 2.07 bits per heavy atom. The van der Waals surface area contributed by atoms with E-state index >= 15 is 0 Å². The molecule has 146 valence electrons. The van der Waals surface area contributed by atoms with Crippen LogP contribution in [0.4, 0.5) is 0 Å². The summed E-state index contributed by atoms with van der Waals surface area (Å²) >= 11 is 0. The Hall–Kier alpha value is -1.93. The molecular formula is C20H28N4O3. The van der Waals surface area contributed by atoms with Crippen molar-refractivity contribution in [3.8, 4) is 5.75 Å². The second kappa shape index (κ2) is 8.39. The summed E-state index contributed by atoms with van der Waals surface area (Å²) in [5, 5.41) is 14.8. The van der Waals surface area contributed by atoms with E-state index in [2.05, 4.69) is 27.0 Å². The number of aromatic nitrogens is 2. The summed E-state index contributed by atoms with van der Waals surface area (Å²) in [5.41, 5.74) is 2.34. The lowest BCUT2D eigenvalue weighted by Gasteiger charge is -2.33. The van der Waals surface area contributed by atoms with Gasteiger partial charge in [0.1, 0.15) is 5.75 Å². The molecule has 2 aliphatic heterocycles. The maximum Gasteiger partial charge on any atom is 0.123 e. The first-order valence-corrected chi connectivity index (χ1v) is 9.58. The number of methoxy groups -OCH3 is 1. The van der Waals surface area contributed by atoms with Crippen LogP contribution in [0.3, 0.4) is 0 Å². The first kappa shape index (κ1) is 18.4. The zero-order chi connectivity index (χ0) is 18.6. The summed E-state index contributed by atoms with van der Waals surface area (Å²) in [4.78, 5) is 4.70.